The van der Waals surface area contributed by atoms with Gasteiger partial charge in [-0.05, 0) is 18.2 Å². The number of para-hydroxylation sites is 1. The Morgan fingerprint density at radius 2 is 1.78 bits per heavy atom. The van der Waals surface area contributed by atoms with Crippen LogP contribution in [0.2, 0.25) is 0 Å². The van der Waals surface area contributed by atoms with Gasteiger partial charge in [0.2, 0.25) is 0 Å². The summed E-state index contributed by atoms with van der Waals surface area (Å²) in [6.07, 6.45) is 0. The molecule has 2 aromatic carbocycles. The van der Waals surface area contributed by atoms with Gasteiger partial charge >= 0.3 is 0 Å². The van der Waals surface area contributed by atoms with Crippen molar-refractivity contribution in [2.75, 3.05) is 5.73 Å². The molecule has 0 aromatic heterocycles. The van der Waals surface area contributed by atoms with E-state index in [1.807, 2.05) is 0 Å². The summed E-state index contributed by atoms with van der Waals surface area (Å²) in [5, 5.41) is 0. The smallest absolute Gasteiger partial charge is 0.162 e. The molecule has 2 nitrogen and oxygen atoms in total. The third-order valence-corrected chi connectivity index (χ3v) is 3.92. The van der Waals surface area contributed by atoms with E-state index in [-0.39, 0.29) is 11.3 Å². The molecule has 0 amide bonds. The van der Waals surface area contributed by atoms with Crippen LogP contribution in [0.4, 0.5) is 14.5 Å². The number of hydrogen-bond donors (Lipinski definition) is 1. The summed E-state index contributed by atoms with van der Waals surface area (Å²) in [5.74, 6) is -2.00. The minimum absolute atomic E-state index is 0.0802. The minimum Gasteiger partial charge on any atom is -0.398 e. The number of halogens is 2. The van der Waals surface area contributed by atoms with E-state index in [0.717, 1.165) is 6.07 Å². The zero-order valence-electron chi connectivity index (χ0n) is 9.40. The van der Waals surface area contributed by atoms with E-state index in [2.05, 4.69) is 0 Å². The van der Waals surface area contributed by atoms with Crippen molar-refractivity contribution < 1.29 is 13.0 Å². The van der Waals surface area contributed by atoms with Crippen molar-refractivity contribution in [3.63, 3.8) is 0 Å². The van der Waals surface area contributed by atoms with Crippen molar-refractivity contribution in [1.29, 1.82) is 0 Å². The fraction of sp³-hybridized carbons (Fsp3) is 0.0769. The van der Waals surface area contributed by atoms with E-state index in [1.54, 1.807) is 24.3 Å². The van der Waals surface area contributed by atoms with Crippen molar-refractivity contribution in [2.24, 2.45) is 0 Å². The molecule has 0 bridgehead atoms. The quantitative estimate of drug-likeness (QED) is 0.869. The van der Waals surface area contributed by atoms with E-state index < -0.39 is 22.4 Å². The van der Waals surface area contributed by atoms with Gasteiger partial charge < -0.3 is 5.73 Å². The Hall–Kier alpha value is -1.75. The van der Waals surface area contributed by atoms with Crippen LogP contribution in [0.1, 0.15) is 5.56 Å². The fourth-order valence-corrected chi connectivity index (χ4v) is 2.79. The van der Waals surface area contributed by atoms with E-state index >= 15 is 0 Å². The van der Waals surface area contributed by atoms with Crippen LogP contribution in [0, 0.1) is 11.6 Å². The van der Waals surface area contributed by atoms with Crippen LogP contribution >= 0.6 is 0 Å². The van der Waals surface area contributed by atoms with E-state index in [0.29, 0.717) is 10.6 Å². The Kier molecular flexibility index (Phi) is 3.72. The van der Waals surface area contributed by atoms with Crippen molar-refractivity contribution in [3.8, 4) is 0 Å². The second-order valence-corrected chi connectivity index (χ2v) is 5.16. The number of hydrogen-bond acceptors (Lipinski definition) is 2. The van der Waals surface area contributed by atoms with Gasteiger partial charge in [0.25, 0.3) is 0 Å². The maximum absolute atomic E-state index is 13.4. The van der Waals surface area contributed by atoms with E-state index in [4.69, 9.17) is 5.73 Å². The zero-order chi connectivity index (χ0) is 13.1. The van der Waals surface area contributed by atoms with Crippen molar-refractivity contribution in [3.05, 3.63) is 59.7 Å². The number of rotatable bonds is 3. The van der Waals surface area contributed by atoms with Crippen molar-refractivity contribution in [1.82, 2.24) is 0 Å². The lowest BCUT2D eigenvalue weighted by molar-refractivity contribution is 0.502. The third-order valence-electron chi connectivity index (χ3n) is 2.48. The van der Waals surface area contributed by atoms with Gasteiger partial charge in [-0.3, -0.25) is 4.21 Å². The summed E-state index contributed by atoms with van der Waals surface area (Å²) in [7, 11) is -1.50. The topological polar surface area (TPSA) is 43.1 Å². The molecule has 0 aliphatic rings. The highest BCUT2D eigenvalue weighted by Crippen LogP contribution is 2.20. The first-order valence-corrected chi connectivity index (χ1v) is 6.57. The normalized spacial score (nSPS) is 12.3. The Labute approximate surface area is 106 Å². The van der Waals surface area contributed by atoms with Gasteiger partial charge in [0.1, 0.15) is 0 Å². The third kappa shape index (κ3) is 2.56. The second kappa shape index (κ2) is 5.27. The highest BCUT2D eigenvalue weighted by molar-refractivity contribution is 7.84. The van der Waals surface area contributed by atoms with Gasteiger partial charge in [0, 0.05) is 11.3 Å². The van der Waals surface area contributed by atoms with Crippen LogP contribution < -0.4 is 5.73 Å². The molecule has 0 aliphatic heterocycles. The summed E-state index contributed by atoms with van der Waals surface area (Å²) in [6.45, 7) is 0. The molecule has 2 aromatic rings. The number of nitrogen functional groups attached to an aromatic ring is 1. The molecule has 0 fully saturated rings. The highest BCUT2D eigenvalue weighted by atomic mass is 32.2. The molecule has 0 spiro atoms. The number of benzene rings is 2. The highest BCUT2D eigenvalue weighted by Gasteiger charge is 2.13. The van der Waals surface area contributed by atoms with Crippen LogP contribution in [0.3, 0.4) is 0 Å². The average molecular weight is 267 g/mol. The van der Waals surface area contributed by atoms with E-state index in [9.17, 15) is 13.0 Å². The zero-order valence-corrected chi connectivity index (χ0v) is 10.2. The van der Waals surface area contributed by atoms with Crippen LogP contribution in [0.25, 0.3) is 0 Å². The summed E-state index contributed by atoms with van der Waals surface area (Å²) in [5.41, 5.74) is 6.14. The van der Waals surface area contributed by atoms with Gasteiger partial charge in [0.05, 0.1) is 21.4 Å². The molecule has 0 aliphatic carbocycles. The molecule has 0 radical (unpaired) electrons. The lowest BCUT2D eigenvalue weighted by atomic mass is 10.2. The summed E-state index contributed by atoms with van der Waals surface area (Å²) in [4.78, 5) is 0.432. The Balaban J connectivity index is 2.27. The Bertz CT molecular complexity index is 601. The molecule has 5 heteroatoms. The molecule has 0 heterocycles. The predicted molar refractivity (Wildman–Crippen MR) is 67.3 cm³/mol. The van der Waals surface area contributed by atoms with Crippen LogP contribution in [-0.4, -0.2) is 4.21 Å². The molecule has 2 N–H and O–H groups in total. The maximum atomic E-state index is 13.4. The minimum atomic E-state index is -1.50. The van der Waals surface area contributed by atoms with Crippen LogP contribution in [-0.2, 0) is 16.6 Å². The lowest BCUT2D eigenvalue weighted by Crippen LogP contribution is -2.03. The predicted octanol–water partition coefficient (Wildman–Crippen LogP) is 2.85. The summed E-state index contributed by atoms with van der Waals surface area (Å²) in [6, 6.07) is 10.5. The van der Waals surface area contributed by atoms with Crippen LogP contribution in [0.15, 0.2) is 47.4 Å². The Morgan fingerprint density at radius 3 is 2.50 bits per heavy atom. The molecular formula is C13H11F2NOS. The number of nitrogens with two attached hydrogens (primary N) is 1. The number of anilines is 1. The van der Waals surface area contributed by atoms with Gasteiger partial charge in [-0.25, -0.2) is 8.78 Å². The monoisotopic (exact) mass is 267 g/mol. The molecule has 0 saturated carbocycles. The summed E-state index contributed by atoms with van der Waals surface area (Å²) >= 11 is 0. The molecule has 1 atom stereocenters. The van der Waals surface area contributed by atoms with Crippen LogP contribution in [0.5, 0.6) is 0 Å². The van der Waals surface area contributed by atoms with Gasteiger partial charge in [0.15, 0.2) is 11.6 Å². The van der Waals surface area contributed by atoms with Crippen molar-refractivity contribution in [2.45, 2.75) is 10.6 Å². The Morgan fingerprint density at radius 1 is 1.06 bits per heavy atom. The first-order chi connectivity index (χ1) is 8.59. The second-order valence-electron chi connectivity index (χ2n) is 3.74. The lowest BCUT2D eigenvalue weighted by Gasteiger charge is -2.06. The standard InChI is InChI=1S/C13H11F2NOS/c14-10-5-3-4-9(13(10)15)8-18(17)12-7-2-1-6-11(12)16/h1-7H,8,16H2. The first-order valence-electron chi connectivity index (χ1n) is 5.25. The van der Waals surface area contributed by atoms with Gasteiger partial charge in [-0.1, -0.05) is 24.3 Å². The molecular weight excluding hydrogens is 256 g/mol. The molecule has 1 unspecified atom stereocenters. The van der Waals surface area contributed by atoms with E-state index in [1.165, 1.54) is 12.1 Å². The molecule has 2 rings (SSSR count). The summed E-state index contributed by atoms with van der Waals surface area (Å²) < 4.78 is 38.5. The first kappa shape index (κ1) is 12.7. The molecule has 94 valence electrons. The molecule has 0 saturated heterocycles. The maximum Gasteiger partial charge on any atom is 0.162 e. The average Bonchev–Trinajstić information content (AvgIpc) is 2.35. The van der Waals surface area contributed by atoms with Gasteiger partial charge in [-0.15, -0.1) is 0 Å². The largest absolute Gasteiger partial charge is 0.398 e. The molecule has 18 heavy (non-hydrogen) atoms. The van der Waals surface area contributed by atoms with Crippen molar-refractivity contribution >= 4 is 16.5 Å². The van der Waals surface area contributed by atoms with Gasteiger partial charge in [-0.2, -0.15) is 0 Å². The SMILES string of the molecule is Nc1ccccc1S(=O)Cc1cccc(F)c1F. The fourth-order valence-electron chi connectivity index (χ4n) is 1.57.